The van der Waals surface area contributed by atoms with Gasteiger partial charge in [-0.2, -0.15) is 0 Å². The number of rotatable bonds is 7. The first-order chi connectivity index (χ1) is 7.76. The molecule has 0 aliphatic heterocycles. The van der Waals surface area contributed by atoms with Gasteiger partial charge in [0.25, 0.3) is 0 Å². The summed E-state index contributed by atoms with van der Waals surface area (Å²) >= 11 is 0. The molecule has 0 aliphatic carbocycles. The number of aromatic nitrogens is 2. The Labute approximate surface area is 97.1 Å². The van der Waals surface area contributed by atoms with Gasteiger partial charge in [-0.25, -0.2) is 9.97 Å². The Kier molecular flexibility index (Phi) is 5.56. The Bertz CT molecular complexity index is 313. The highest BCUT2D eigenvalue weighted by Crippen LogP contribution is 2.10. The summed E-state index contributed by atoms with van der Waals surface area (Å²) in [6, 6.07) is 1.94. The van der Waals surface area contributed by atoms with Gasteiger partial charge < -0.3 is 16.0 Å². The SMILES string of the molecule is CCNc1cc(NCCCNC)nc(C)n1. The van der Waals surface area contributed by atoms with Gasteiger partial charge in [-0.05, 0) is 33.9 Å². The minimum Gasteiger partial charge on any atom is -0.370 e. The monoisotopic (exact) mass is 223 g/mol. The molecular weight excluding hydrogens is 202 g/mol. The zero-order valence-corrected chi connectivity index (χ0v) is 10.3. The van der Waals surface area contributed by atoms with Crippen molar-refractivity contribution in [1.82, 2.24) is 15.3 Å². The Morgan fingerprint density at radius 3 is 2.44 bits per heavy atom. The van der Waals surface area contributed by atoms with Gasteiger partial charge in [0.1, 0.15) is 17.5 Å². The van der Waals surface area contributed by atoms with Crippen LogP contribution >= 0.6 is 0 Å². The molecule has 0 unspecified atom stereocenters. The first-order valence-electron chi connectivity index (χ1n) is 5.74. The summed E-state index contributed by atoms with van der Waals surface area (Å²) < 4.78 is 0. The number of hydrogen-bond donors (Lipinski definition) is 3. The van der Waals surface area contributed by atoms with Crippen molar-refractivity contribution in [2.24, 2.45) is 0 Å². The Morgan fingerprint density at radius 2 is 1.81 bits per heavy atom. The molecule has 1 heterocycles. The van der Waals surface area contributed by atoms with E-state index in [0.717, 1.165) is 43.5 Å². The van der Waals surface area contributed by atoms with Crippen molar-refractivity contribution >= 4 is 11.6 Å². The second-order valence-electron chi connectivity index (χ2n) is 3.60. The van der Waals surface area contributed by atoms with E-state index in [9.17, 15) is 0 Å². The summed E-state index contributed by atoms with van der Waals surface area (Å²) in [5.74, 6) is 2.56. The largest absolute Gasteiger partial charge is 0.370 e. The van der Waals surface area contributed by atoms with Gasteiger partial charge in [0.2, 0.25) is 0 Å². The Morgan fingerprint density at radius 1 is 1.12 bits per heavy atom. The molecule has 0 fully saturated rings. The van der Waals surface area contributed by atoms with Crippen molar-refractivity contribution in [3.05, 3.63) is 11.9 Å². The summed E-state index contributed by atoms with van der Waals surface area (Å²) in [6.45, 7) is 6.76. The lowest BCUT2D eigenvalue weighted by molar-refractivity contribution is 0.746. The zero-order chi connectivity index (χ0) is 11.8. The number of aryl methyl sites for hydroxylation is 1. The maximum absolute atomic E-state index is 4.33. The third-order valence-electron chi connectivity index (χ3n) is 2.11. The van der Waals surface area contributed by atoms with Crippen molar-refractivity contribution in [3.8, 4) is 0 Å². The Balaban J connectivity index is 2.51. The molecule has 0 bridgehead atoms. The molecule has 0 aliphatic rings. The van der Waals surface area contributed by atoms with Crippen LogP contribution in [0.4, 0.5) is 11.6 Å². The first-order valence-corrected chi connectivity index (χ1v) is 5.74. The number of anilines is 2. The predicted octanol–water partition coefficient (Wildman–Crippen LogP) is 1.24. The summed E-state index contributed by atoms with van der Waals surface area (Å²) in [4.78, 5) is 8.62. The molecule has 0 atom stereocenters. The van der Waals surface area contributed by atoms with E-state index in [4.69, 9.17) is 0 Å². The highest BCUT2D eigenvalue weighted by atomic mass is 15.1. The number of nitrogens with one attached hydrogen (secondary N) is 3. The summed E-state index contributed by atoms with van der Waals surface area (Å²) in [6.07, 6.45) is 1.08. The van der Waals surface area contributed by atoms with Gasteiger partial charge in [-0.1, -0.05) is 0 Å². The van der Waals surface area contributed by atoms with Crippen molar-refractivity contribution < 1.29 is 0 Å². The van der Waals surface area contributed by atoms with Crippen LogP contribution in [-0.4, -0.2) is 36.6 Å². The van der Waals surface area contributed by atoms with E-state index < -0.39 is 0 Å². The second kappa shape index (κ2) is 7.00. The molecule has 0 aromatic carbocycles. The third kappa shape index (κ3) is 4.44. The normalized spacial score (nSPS) is 10.2. The van der Waals surface area contributed by atoms with Gasteiger partial charge in [-0.15, -0.1) is 0 Å². The highest BCUT2D eigenvalue weighted by Gasteiger charge is 1.99. The topological polar surface area (TPSA) is 61.9 Å². The highest BCUT2D eigenvalue weighted by molar-refractivity contribution is 5.47. The molecule has 0 saturated heterocycles. The molecule has 5 nitrogen and oxygen atoms in total. The van der Waals surface area contributed by atoms with Crippen LogP contribution in [0.3, 0.4) is 0 Å². The number of hydrogen-bond acceptors (Lipinski definition) is 5. The lowest BCUT2D eigenvalue weighted by Gasteiger charge is -2.08. The standard InChI is InChI=1S/C11H21N5/c1-4-13-10-8-11(16-9(2)15-10)14-7-5-6-12-3/h8,12H,4-7H2,1-3H3,(H2,13,14,15,16). The van der Waals surface area contributed by atoms with Crippen molar-refractivity contribution in [2.45, 2.75) is 20.3 Å². The quantitative estimate of drug-likeness (QED) is 0.607. The smallest absolute Gasteiger partial charge is 0.131 e. The van der Waals surface area contributed by atoms with Crippen LogP contribution in [0.5, 0.6) is 0 Å². The maximum atomic E-state index is 4.33. The lowest BCUT2D eigenvalue weighted by Crippen LogP contribution is -2.14. The minimum atomic E-state index is 0.787. The molecule has 0 saturated carbocycles. The van der Waals surface area contributed by atoms with Crippen LogP contribution in [0.2, 0.25) is 0 Å². The van der Waals surface area contributed by atoms with Crippen molar-refractivity contribution in [2.75, 3.05) is 37.3 Å². The van der Waals surface area contributed by atoms with E-state index in [0.29, 0.717) is 0 Å². The molecule has 0 spiro atoms. The summed E-state index contributed by atoms with van der Waals surface area (Å²) in [5.41, 5.74) is 0. The maximum Gasteiger partial charge on any atom is 0.131 e. The van der Waals surface area contributed by atoms with Crippen LogP contribution in [0.25, 0.3) is 0 Å². The fourth-order valence-corrected chi connectivity index (χ4v) is 1.41. The van der Waals surface area contributed by atoms with Gasteiger partial charge in [0.15, 0.2) is 0 Å². The van der Waals surface area contributed by atoms with Gasteiger partial charge in [0.05, 0.1) is 0 Å². The van der Waals surface area contributed by atoms with E-state index in [1.807, 2.05) is 20.0 Å². The summed E-state index contributed by atoms with van der Waals surface area (Å²) in [5, 5.41) is 9.59. The second-order valence-corrected chi connectivity index (χ2v) is 3.60. The fraction of sp³-hybridized carbons (Fsp3) is 0.636. The van der Waals surface area contributed by atoms with E-state index in [-0.39, 0.29) is 0 Å². The van der Waals surface area contributed by atoms with Crippen LogP contribution in [0, 0.1) is 6.92 Å². The molecule has 0 amide bonds. The van der Waals surface area contributed by atoms with Crippen molar-refractivity contribution in [3.63, 3.8) is 0 Å². The molecule has 1 aromatic rings. The van der Waals surface area contributed by atoms with E-state index >= 15 is 0 Å². The minimum absolute atomic E-state index is 0.787. The molecule has 90 valence electrons. The first kappa shape index (κ1) is 12.7. The molecule has 1 aromatic heterocycles. The van der Waals surface area contributed by atoms with Crippen LogP contribution < -0.4 is 16.0 Å². The molecular formula is C11H21N5. The number of nitrogens with zero attached hydrogens (tertiary/aromatic N) is 2. The van der Waals surface area contributed by atoms with E-state index in [1.165, 1.54) is 0 Å². The average molecular weight is 223 g/mol. The van der Waals surface area contributed by atoms with Crippen LogP contribution in [0.15, 0.2) is 6.07 Å². The lowest BCUT2D eigenvalue weighted by atomic mass is 10.4. The molecule has 3 N–H and O–H groups in total. The molecule has 0 radical (unpaired) electrons. The zero-order valence-electron chi connectivity index (χ0n) is 10.3. The average Bonchev–Trinajstić information content (AvgIpc) is 2.24. The fourth-order valence-electron chi connectivity index (χ4n) is 1.41. The predicted molar refractivity (Wildman–Crippen MR) is 68.0 cm³/mol. The van der Waals surface area contributed by atoms with Crippen LogP contribution in [-0.2, 0) is 0 Å². The van der Waals surface area contributed by atoms with E-state index in [1.54, 1.807) is 0 Å². The summed E-state index contributed by atoms with van der Waals surface area (Å²) in [7, 11) is 1.96. The third-order valence-corrected chi connectivity index (χ3v) is 2.11. The molecule has 5 heteroatoms. The van der Waals surface area contributed by atoms with Crippen LogP contribution in [0.1, 0.15) is 19.2 Å². The van der Waals surface area contributed by atoms with Gasteiger partial charge in [0, 0.05) is 19.2 Å². The van der Waals surface area contributed by atoms with Crippen molar-refractivity contribution in [1.29, 1.82) is 0 Å². The molecule has 16 heavy (non-hydrogen) atoms. The van der Waals surface area contributed by atoms with Gasteiger partial charge in [-0.3, -0.25) is 0 Å². The Hall–Kier alpha value is -1.36. The van der Waals surface area contributed by atoms with Gasteiger partial charge >= 0.3 is 0 Å². The molecule has 1 rings (SSSR count). The van der Waals surface area contributed by atoms with E-state index in [2.05, 4.69) is 32.8 Å².